The van der Waals surface area contributed by atoms with Crippen LogP contribution in [0.5, 0.6) is 0 Å². The summed E-state index contributed by atoms with van der Waals surface area (Å²) in [6.07, 6.45) is -0.940. The first-order chi connectivity index (χ1) is 8.02. The lowest BCUT2D eigenvalue weighted by Gasteiger charge is -2.12. The van der Waals surface area contributed by atoms with Gasteiger partial charge in [0.1, 0.15) is 0 Å². The van der Waals surface area contributed by atoms with Crippen molar-refractivity contribution in [3.63, 3.8) is 0 Å². The number of carbonyl (C=O) groups is 1. The second-order valence-corrected chi connectivity index (χ2v) is 4.55. The Morgan fingerprint density at radius 2 is 2.24 bits per heavy atom. The lowest BCUT2D eigenvalue weighted by Crippen LogP contribution is -2.36. The fourth-order valence-electron chi connectivity index (χ4n) is 1.17. The van der Waals surface area contributed by atoms with E-state index in [0.717, 1.165) is 10.0 Å². The maximum atomic E-state index is 11.5. The predicted octanol–water partition coefficient (Wildman–Crippen LogP) is 1.23. The van der Waals surface area contributed by atoms with Gasteiger partial charge in [0, 0.05) is 16.7 Å². The summed E-state index contributed by atoms with van der Waals surface area (Å²) >= 11 is 3.31. The molecule has 0 spiro atoms. The van der Waals surface area contributed by atoms with Crippen LogP contribution in [-0.2, 0) is 0 Å². The molecule has 5 nitrogen and oxygen atoms in total. The molecule has 0 saturated heterocycles. The van der Waals surface area contributed by atoms with E-state index in [1.54, 1.807) is 6.07 Å². The van der Waals surface area contributed by atoms with Crippen LogP contribution < -0.4 is 10.6 Å². The van der Waals surface area contributed by atoms with Crippen LogP contribution in [0.15, 0.2) is 22.7 Å². The molecule has 0 saturated carbocycles. The van der Waals surface area contributed by atoms with Crippen molar-refractivity contribution in [3.05, 3.63) is 28.2 Å². The molecule has 0 heterocycles. The Labute approximate surface area is 108 Å². The van der Waals surface area contributed by atoms with Gasteiger partial charge in [-0.05, 0) is 24.6 Å². The fourth-order valence-corrected chi connectivity index (χ4v) is 1.53. The van der Waals surface area contributed by atoms with E-state index in [9.17, 15) is 4.79 Å². The van der Waals surface area contributed by atoms with E-state index in [2.05, 4.69) is 26.6 Å². The number of halogens is 1. The third-order valence-corrected chi connectivity index (χ3v) is 2.65. The molecule has 0 radical (unpaired) electrons. The molecule has 1 rings (SSSR count). The SMILES string of the molecule is Cc1ccc(Br)cc1NC(=O)NC[C@H](O)CO. The van der Waals surface area contributed by atoms with Crippen molar-refractivity contribution in [1.29, 1.82) is 0 Å². The fraction of sp³-hybridized carbons (Fsp3) is 0.364. The quantitative estimate of drug-likeness (QED) is 0.675. The van der Waals surface area contributed by atoms with E-state index in [-0.39, 0.29) is 13.2 Å². The van der Waals surface area contributed by atoms with Gasteiger partial charge in [0.15, 0.2) is 0 Å². The molecule has 17 heavy (non-hydrogen) atoms. The molecule has 4 N–H and O–H groups in total. The van der Waals surface area contributed by atoms with Crippen LogP contribution in [0.1, 0.15) is 5.56 Å². The number of anilines is 1. The molecular weight excluding hydrogens is 288 g/mol. The van der Waals surface area contributed by atoms with Crippen LogP contribution in [0.4, 0.5) is 10.5 Å². The molecule has 0 aliphatic rings. The van der Waals surface area contributed by atoms with E-state index in [0.29, 0.717) is 5.69 Å². The maximum Gasteiger partial charge on any atom is 0.319 e. The Balaban J connectivity index is 2.53. The number of aliphatic hydroxyl groups is 2. The molecule has 1 atom stereocenters. The summed E-state index contributed by atoms with van der Waals surface area (Å²) in [5.74, 6) is 0. The molecule has 0 bridgehead atoms. The summed E-state index contributed by atoms with van der Waals surface area (Å²) in [5.41, 5.74) is 1.63. The van der Waals surface area contributed by atoms with Gasteiger partial charge in [-0.15, -0.1) is 0 Å². The van der Waals surface area contributed by atoms with Crippen molar-refractivity contribution in [2.45, 2.75) is 13.0 Å². The van der Waals surface area contributed by atoms with Crippen LogP contribution in [0.2, 0.25) is 0 Å². The first-order valence-corrected chi connectivity index (χ1v) is 5.92. The lowest BCUT2D eigenvalue weighted by molar-refractivity contribution is 0.0965. The topological polar surface area (TPSA) is 81.6 Å². The standard InChI is InChI=1S/C11H15BrN2O3/c1-7-2-3-8(12)4-10(7)14-11(17)13-5-9(16)6-15/h2-4,9,15-16H,5-6H2,1H3,(H2,13,14,17)/t9-/m0/s1. The normalized spacial score (nSPS) is 12.0. The van der Waals surface area contributed by atoms with Gasteiger partial charge in [0.05, 0.1) is 12.7 Å². The summed E-state index contributed by atoms with van der Waals surface area (Å²) in [4.78, 5) is 11.5. The highest BCUT2D eigenvalue weighted by Crippen LogP contribution is 2.20. The zero-order valence-corrected chi connectivity index (χ0v) is 11.0. The smallest absolute Gasteiger partial charge is 0.319 e. The number of aliphatic hydroxyl groups excluding tert-OH is 2. The minimum atomic E-state index is -0.940. The number of hydrogen-bond acceptors (Lipinski definition) is 3. The average molecular weight is 303 g/mol. The van der Waals surface area contributed by atoms with Gasteiger partial charge in [-0.3, -0.25) is 0 Å². The van der Waals surface area contributed by atoms with Crippen molar-refractivity contribution >= 4 is 27.6 Å². The van der Waals surface area contributed by atoms with Gasteiger partial charge in [0.25, 0.3) is 0 Å². The van der Waals surface area contributed by atoms with Crippen molar-refractivity contribution in [1.82, 2.24) is 5.32 Å². The molecule has 1 aromatic rings. The number of rotatable bonds is 4. The summed E-state index contributed by atoms with van der Waals surface area (Å²) in [7, 11) is 0. The molecule has 6 heteroatoms. The zero-order valence-electron chi connectivity index (χ0n) is 9.40. The van der Waals surface area contributed by atoms with Gasteiger partial charge in [-0.1, -0.05) is 22.0 Å². The molecule has 2 amide bonds. The summed E-state index contributed by atoms with van der Waals surface area (Å²) < 4.78 is 0.869. The van der Waals surface area contributed by atoms with Crippen LogP contribution in [0.3, 0.4) is 0 Å². The second-order valence-electron chi connectivity index (χ2n) is 3.63. The molecule has 0 aliphatic carbocycles. The molecule has 1 aromatic carbocycles. The van der Waals surface area contributed by atoms with Gasteiger partial charge >= 0.3 is 6.03 Å². The Kier molecular flexibility index (Phi) is 5.40. The summed E-state index contributed by atoms with van der Waals surface area (Å²) in [5, 5.41) is 22.8. The zero-order chi connectivity index (χ0) is 12.8. The monoisotopic (exact) mass is 302 g/mol. The van der Waals surface area contributed by atoms with E-state index in [1.165, 1.54) is 0 Å². The minimum absolute atomic E-state index is 0.00931. The van der Waals surface area contributed by atoms with Crippen molar-refractivity contribution in [2.75, 3.05) is 18.5 Å². The minimum Gasteiger partial charge on any atom is -0.394 e. The Morgan fingerprint density at radius 3 is 2.88 bits per heavy atom. The molecular formula is C11H15BrN2O3. The van der Waals surface area contributed by atoms with E-state index < -0.39 is 12.1 Å². The number of amides is 2. The number of hydrogen-bond donors (Lipinski definition) is 4. The molecule has 94 valence electrons. The Morgan fingerprint density at radius 1 is 1.53 bits per heavy atom. The van der Waals surface area contributed by atoms with Crippen LogP contribution in [0.25, 0.3) is 0 Å². The highest BCUT2D eigenvalue weighted by atomic mass is 79.9. The maximum absolute atomic E-state index is 11.5. The van der Waals surface area contributed by atoms with Gasteiger partial charge in [-0.2, -0.15) is 0 Å². The first kappa shape index (κ1) is 14.0. The average Bonchev–Trinajstić information content (AvgIpc) is 2.30. The Hall–Kier alpha value is -1.11. The third kappa shape index (κ3) is 4.72. The Bertz CT molecular complexity index is 398. The number of nitrogens with one attached hydrogen (secondary N) is 2. The number of carbonyl (C=O) groups excluding carboxylic acids is 1. The second kappa shape index (κ2) is 6.58. The van der Waals surface area contributed by atoms with E-state index in [1.807, 2.05) is 19.1 Å². The molecule has 0 unspecified atom stereocenters. The van der Waals surface area contributed by atoms with Crippen LogP contribution in [-0.4, -0.2) is 35.5 Å². The van der Waals surface area contributed by atoms with Gasteiger partial charge < -0.3 is 20.8 Å². The number of aryl methyl sites for hydroxylation is 1. The predicted molar refractivity (Wildman–Crippen MR) is 69.0 cm³/mol. The summed E-state index contributed by atoms with van der Waals surface area (Å²) in [6, 6.07) is 5.13. The molecule has 0 aromatic heterocycles. The number of urea groups is 1. The molecule has 0 fully saturated rings. The van der Waals surface area contributed by atoms with E-state index in [4.69, 9.17) is 10.2 Å². The first-order valence-electron chi connectivity index (χ1n) is 5.13. The lowest BCUT2D eigenvalue weighted by atomic mass is 10.2. The van der Waals surface area contributed by atoms with Crippen LogP contribution in [0, 0.1) is 6.92 Å². The van der Waals surface area contributed by atoms with Crippen molar-refractivity contribution < 1.29 is 15.0 Å². The van der Waals surface area contributed by atoms with Gasteiger partial charge in [-0.25, -0.2) is 4.79 Å². The van der Waals surface area contributed by atoms with Crippen molar-refractivity contribution in [2.24, 2.45) is 0 Å². The van der Waals surface area contributed by atoms with Crippen molar-refractivity contribution in [3.8, 4) is 0 Å². The van der Waals surface area contributed by atoms with E-state index >= 15 is 0 Å². The van der Waals surface area contributed by atoms with Gasteiger partial charge in [0.2, 0.25) is 0 Å². The highest BCUT2D eigenvalue weighted by Gasteiger charge is 2.07. The summed E-state index contributed by atoms with van der Waals surface area (Å²) in [6.45, 7) is 1.51. The number of benzene rings is 1. The largest absolute Gasteiger partial charge is 0.394 e. The molecule has 0 aliphatic heterocycles. The highest BCUT2D eigenvalue weighted by molar-refractivity contribution is 9.10. The van der Waals surface area contributed by atoms with Crippen LogP contribution >= 0.6 is 15.9 Å². The third-order valence-electron chi connectivity index (χ3n) is 2.16.